The van der Waals surface area contributed by atoms with Gasteiger partial charge in [-0.3, -0.25) is 14.9 Å². The first-order chi connectivity index (χ1) is 11.0. The third-order valence-corrected chi connectivity index (χ3v) is 4.35. The maximum Gasteiger partial charge on any atom is 0.272 e. The molecule has 2 aromatic rings. The molecule has 1 fully saturated rings. The van der Waals surface area contributed by atoms with Crippen molar-refractivity contribution < 1.29 is 9.66 Å². The van der Waals surface area contributed by atoms with Gasteiger partial charge in [0.2, 0.25) is 0 Å². The molecule has 1 aliphatic carbocycles. The number of hydrogen-bond acceptors (Lipinski definition) is 4. The molecule has 0 unspecified atom stereocenters. The van der Waals surface area contributed by atoms with Crippen molar-refractivity contribution in [3.05, 3.63) is 61.0 Å². The van der Waals surface area contributed by atoms with Crippen LogP contribution in [0.4, 0.5) is 5.69 Å². The fraction of sp³-hybridized carbons (Fsp3) is 0.267. The van der Waals surface area contributed by atoms with Crippen LogP contribution in [-0.2, 0) is 0 Å². The summed E-state index contributed by atoms with van der Waals surface area (Å²) in [4.78, 5) is 22.1. The van der Waals surface area contributed by atoms with E-state index in [0.717, 1.165) is 19.3 Å². The number of rotatable bonds is 4. The lowest BCUT2D eigenvalue weighted by molar-refractivity contribution is -0.384. The highest BCUT2D eigenvalue weighted by atomic mass is 35.5. The van der Waals surface area contributed by atoms with Crippen LogP contribution in [-0.4, -0.2) is 9.49 Å². The van der Waals surface area contributed by atoms with Crippen LogP contribution in [0.3, 0.4) is 0 Å². The van der Waals surface area contributed by atoms with E-state index in [1.54, 1.807) is 10.8 Å². The number of pyridine rings is 1. The molecule has 3 rings (SSSR count). The molecular weight excluding hydrogens is 343 g/mol. The van der Waals surface area contributed by atoms with Crippen LogP contribution in [0.1, 0.15) is 25.3 Å². The second-order valence-electron chi connectivity index (χ2n) is 5.29. The predicted molar refractivity (Wildman–Crippen MR) is 86.8 cm³/mol. The molecule has 8 heteroatoms. The smallest absolute Gasteiger partial charge is 0.272 e. The summed E-state index contributed by atoms with van der Waals surface area (Å²) < 4.78 is 7.27. The van der Waals surface area contributed by atoms with Gasteiger partial charge in [0.1, 0.15) is 5.75 Å². The molecule has 6 nitrogen and oxygen atoms in total. The molecule has 23 heavy (non-hydrogen) atoms. The fourth-order valence-corrected chi connectivity index (χ4v) is 2.91. The summed E-state index contributed by atoms with van der Waals surface area (Å²) in [5.74, 6) is 0.520. The Balaban J connectivity index is 1.93. The van der Waals surface area contributed by atoms with Gasteiger partial charge in [-0.2, -0.15) is 0 Å². The fourth-order valence-electron chi connectivity index (χ4n) is 2.36. The minimum Gasteiger partial charge on any atom is -0.453 e. The highest BCUT2D eigenvalue weighted by Gasteiger charge is 2.21. The summed E-state index contributed by atoms with van der Waals surface area (Å²) in [6.45, 7) is 0. The molecule has 120 valence electrons. The van der Waals surface area contributed by atoms with Gasteiger partial charge in [0, 0.05) is 24.2 Å². The zero-order valence-electron chi connectivity index (χ0n) is 11.9. The average molecular weight is 355 g/mol. The summed E-state index contributed by atoms with van der Waals surface area (Å²) in [7, 11) is 0. The first-order valence-corrected chi connectivity index (χ1v) is 7.75. The van der Waals surface area contributed by atoms with Crippen LogP contribution >= 0.6 is 23.2 Å². The van der Waals surface area contributed by atoms with E-state index in [-0.39, 0.29) is 33.1 Å². The first-order valence-electron chi connectivity index (χ1n) is 6.99. The maximum atomic E-state index is 11.9. The topological polar surface area (TPSA) is 74.4 Å². The summed E-state index contributed by atoms with van der Waals surface area (Å²) in [5.41, 5.74) is -0.310. The molecule has 1 saturated carbocycles. The number of nitro benzene ring substituents is 1. The molecule has 0 bridgehead atoms. The van der Waals surface area contributed by atoms with Gasteiger partial charge in [0.25, 0.3) is 11.2 Å². The minimum absolute atomic E-state index is 0.0330. The van der Waals surface area contributed by atoms with Crippen molar-refractivity contribution in [3.8, 4) is 11.5 Å². The van der Waals surface area contributed by atoms with Crippen LogP contribution in [0.2, 0.25) is 10.0 Å². The summed E-state index contributed by atoms with van der Waals surface area (Å²) in [5, 5.41) is 10.8. The minimum atomic E-state index is -0.585. The van der Waals surface area contributed by atoms with Crippen LogP contribution in [0.5, 0.6) is 11.5 Å². The quantitative estimate of drug-likeness (QED) is 0.594. The van der Waals surface area contributed by atoms with Crippen molar-refractivity contribution in [1.29, 1.82) is 0 Å². The molecule has 1 aromatic carbocycles. The Labute approximate surface area is 141 Å². The van der Waals surface area contributed by atoms with Crippen LogP contribution in [0, 0.1) is 10.1 Å². The summed E-state index contributed by atoms with van der Waals surface area (Å²) in [6, 6.07) is 5.47. The Morgan fingerprint density at radius 2 is 1.87 bits per heavy atom. The Hall–Kier alpha value is -2.05. The van der Waals surface area contributed by atoms with E-state index in [9.17, 15) is 14.9 Å². The average Bonchev–Trinajstić information content (AvgIpc) is 2.44. The summed E-state index contributed by atoms with van der Waals surface area (Å²) in [6.07, 6.45) is 4.63. The largest absolute Gasteiger partial charge is 0.453 e. The molecule has 0 atom stereocenters. The van der Waals surface area contributed by atoms with Crippen molar-refractivity contribution in [1.82, 2.24) is 4.57 Å². The number of nitro groups is 1. The van der Waals surface area contributed by atoms with E-state index < -0.39 is 4.92 Å². The van der Waals surface area contributed by atoms with Gasteiger partial charge in [-0.25, -0.2) is 0 Å². The van der Waals surface area contributed by atoms with Gasteiger partial charge in [-0.05, 0) is 25.3 Å². The first kappa shape index (κ1) is 15.8. The van der Waals surface area contributed by atoms with Crippen molar-refractivity contribution in [2.75, 3.05) is 0 Å². The monoisotopic (exact) mass is 354 g/mol. The van der Waals surface area contributed by atoms with E-state index in [4.69, 9.17) is 27.9 Å². The third kappa shape index (κ3) is 3.18. The van der Waals surface area contributed by atoms with Gasteiger partial charge >= 0.3 is 0 Å². The number of hydrogen-bond donors (Lipinski definition) is 0. The highest BCUT2D eigenvalue weighted by molar-refractivity contribution is 6.37. The van der Waals surface area contributed by atoms with Gasteiger partial charge in [-0.15, -0.1) is 0 Å². The van der Waals surface area contributed by atoms with Crippen LogP contribution < -0.4 is 10.3 Å². The molecule has 1 heterocycles. The zero-order chi connectivity index (χ0) is 16.6. The molecule has 1 aromatic heterocycles. The lowest BCUT2D eigenvalue weighted by Crippen LogP contribution is -2.27. The molecule has 0 saturated heterocycles. The van der Waals surface area contributed by atoms with E-state index >= 15 is 0 Å². The zero-order valence-corrected chi connectivity index (χ0v) is 13.4. The third-order valence-electron chi connectivity index (χ3n) is 3.79. The molecule has 0 amide bonds. The SMILES string of the molecule is O=c1ccc(Oc2c(Cl)cc([N+](=O)[O-])cc2Cl)cn1C1CCC1. The second kappa shape index (κ2) is 6.22. The van der Waals surface area contributed by atoms with Gasteiger partial charge in [-0.1, -0.05) is 23.2 Å². The van der Waals surface area contributed by atoms with Gasteiger partial charge < -0.3 is 9.30 Å². The number of halogens is 2. The molecule has 0 aliphatic heterocycles. The Bertz CT molecular complexity index is 807. The van der Waals surface area contributed by atoms with E-state index in [1.165, 1.54) is 24.3 Å². The summed E-state index contributed by atoms with van der Waals surface area (Å²) >= 11 is 12.0. The van der Waals surface area contributed by atoms with E-state index in [0.29, 0.717) is 5.75 Å². The number of nitrogens with zero attached hydrogens (tertiary/aromatic N) is 2. The van der Waals surface area contributed by atoms with Gasteiger partial charge in [0.05, 0.1) is 21.2 Å². The van der Waals surface area contributed by atoms with Crippen molar-refractivity contribution in [2.24, 2.45) is 0 Å². The Morgan fingerprint density at radius 3 is 2.39 bits per heavy atom. The Morgan fingerprint density at radius 1 is 1.22 bits per heavy atom. The second-order valence-corrected chi connectivity index (χ2v) is 6.11. The molecule has 0 spiro atoms. The van der Waals surface area contributed by atoms with Crippen LogP contribution in [0.25, 0.3) is 0 Å². The molecule has 0 radical (unpaired) electrons. The molecular formula is C15H12Cl2N2O4. The number of aromatic nitrogens is 1. The van der Waals surface area contributed by atoms with Crippen molar-refractivity contribution in [2.45, 2.75) is 25.3 Å². The van der Waals surface area contributed by atoms with E-state index in [2.05, 4.69) is 0 Å². The van der Waals surface area contributed by atoms with Gasteiger partial charge in [0.15, 0.2) is 5.75 Å². The Kier molecular flexibility index (Phi) is 4.28. The molecule has 0 N–H and O–H groups in total. The lowest BCUT2D eigenvalue weighted by Gasteiger charge is -2.27. The van der Waals surface area contributed by atoms with Crippen molar-refractivity contribution in [3.63, 3.8) is 0 Å². The standard InChI is InChI=1S/C15H12Cl2N2O4/c16-12-6-10(19(21)22)7-13(17)15(12)23-11-4-5-14(20)18(8-11)9-2-1-3-9/h4-9H,1-3H2. The van der Waals surface area contributed by atoms with E-state index in [1.807, 2.05) is 0 Å². The maximum absolute atomic E-state index is 11.9. The normalized spacial score (nSPS) is 14.3. The molecule has 1 aliphatic rings. The van der Waals surface area contributed by atoms with Crippen LogP contribution in [0.15, 0.2) is 35.3 Å². The number of ether oxygens (including phenoxy) is 1. The van der Waals surface area contributed by atoms with Crippen molar-refractivity contribution >= 4 is 28.9 Å². The number of non-ortho nitro benzene ring substituents is 1. The highest BCUT2D eigenvalue weighted by Crippen LogP contribution is 2.39. The number of benzene rings is 1. The lowest BCUT2D eigenvalue weighted by atomic mass is 9.93. The predicted octanol–water partition coefficient (Wildman–Crippen LogP) is 4.58.